The minimum atomic E-state index is -0.452. The highest BCUT2D eigenvalue weighted by Crippen LogP contribution is 2.26. The highest BCUT2D eigenvalue weighted by Gasteiger charge is 2.23. The summed E-state index contributed by atoms with van der Waals surface area (Å²) in [6.45, 7) is 5.94. The minimum Gasteiger partial charge on any atom is -0.340 e. The van der Waals surface area contributed by atoms with Gasteiger partial charge in [0.2, 0.25) is 5.91 Å². The second-order valence-electron chi connectivity index (χ2n) is 7.26. The quantitative estimate of drug-likeness (QED) is 0.448. The van der Waals surface area contributed by atoms with Crippen LogP contribution in [0.3, 0.4) is 0 Å². The number of carbonyl (C=O) groups is 1. The van der Waals surface area contributed by atoms with Crippen LogP contribution in [0.4, 0.5) is 4.39 Å². The third-order valence-corrected chi connectivity index (χ3v) is 5.66. The van der Waals surface area contributed by atoms with Crippen LogP contribution in [0, 0.1) is 5.82 Å². The second-order valence-corrected chi connectivity index (χ2v) is 8.57. The molecule has 0 aliphatic rings. The first kappa shape index (κ1) is 21.0. The molecule has 1 amide bonds. The molecule has 0 spiro atoms. The van der Waals surface area contributed by atoms with Gasteiger partial charge in [0.05, 0.1) is 16.2 Å². The summed E-state index contributed by atoms with van der Waals surface area (Å²) in [5.41, 5.74) is 1.23. The zero-order valence-corrected chi connectivity index (χ0v) is 17.7. The molecule has 1 atom stereocenters. The van der Waals surface area contributed by atoms with Crippen molar-refractivity contribution in [3.63, 3.8) is 0 Å². The molecule has 0 fully saturated rings. The monoisotopic (exact) mass is 413 g/mol. The molecule has 1 aromatic heterocycles. The molecule has 7 heteroatoms. The molecule has 152 valence electrons. The lowest BCUT2D eigenvalue weighted by Gasteiger charge is -2.23. The van der Waals surface area contributed by atoms with Gasteiger partial charge >= 0.3 is 0 Å². The van der Waals surface area contributed by atoms with E-state index in [4.69, 9.17) is 0 Å². The number of benzene rings is 2. The van der Waals surface area contributed by atoms with Gasteiger partial charge in [0.25, 0.3) is 5.56 Å². The molecule has 29 heavy (non-hydrogen) atoms. The van der Waals surface area contributed by atoms with E-state index in [1.54, 1.807) is 47.7 Å². The Morgan fingerprint density at radius 2 is 1.90 bits per heavy atom. The lowest BCUT2D eigenvalue weighted by atomic mass is 10.2. The molecule has 0 aliphatic heterocycles. The number of hydrogen-bond donors (Lipinski definition) is 0. The number of rotatable bonds is 6. The summed E-state index contributed by atoms with van der Waals surface area (Å²) >= 11 is 1.26. The number of fused-ring (bicyclic) bond motifs is 1. The van der Waals surface area contributed by atoms with Crippen molar-refractivity contribution in [1.29, 1.82) is 0 Å². The number of hydrogen-bond acceptors (Lipinski definition) is 4. The Hall–Kier alpha value is -2.67. The van der Waals surface area contributed by atoms with Crippen LogP contribution in [-0.2, 0) is 11.3 Å². The van der Waals surface area contributed by atoms with E-state index in [9.17, 15) is 14.0 Å². The minimum absolute atomic E-state index is 0.0885. The molecule has 0 unspecified atom stereocenters. The largest absolute Gasteiger partial charge is 0.340 e. The van der Waals surface area contributed by atoms with E-state index in [1.165, 1.54) is 23.9 Å². The van der Waals surface area contributed by atoms with Crippen molar-refractivity contribution in [2.24, 2.45) is 0 Å². The summed E-state index contributed by atoms with van der Waals surface area (Å²) in [7, 11) is 1.69. The standard InChI is InChI=1S/C22H24FN3O2S/c1-14(2)26-21(28)18-10-5-6-11-19(18)24-22(26)29-15(3)20(27)25(4)13-16-8-7-9-17(23)12-16/h5-12,14-15H,13H2,1-4H3/t15-/m1/s1. The predicted molar refractivity (Wildman–Crippen MR) is 115 cm³/mol. The van der Waals surface area contributed by atoms with Crippen molar-refractivity contribution < 1.29 is 9.18 Å². The Kier molecular flexibility index (Phi) is 6.37. The van der Waals surface area contributed by atoms with Gasteiger partial charge in [-0.2, -0.15) is 0 Å². The first-order valence-electron chi connectivity index (χ1n) is 9.45. The van der Waals surface area contributed by atoms with Crippen LogP contribution >= 0.6 is 11.8 Å². The van der Waals surface area contributed by atoms with Crippen molar-refractivity contribution >= 4 is 28.6 Å². The summed E-state index contributed by atoms with van der Waals surface area (Å²) in [5, 5.41) is 0.628. The molecule has 0 saturated heterocycles. The average molecular weight is 414 g/mol. The van der Waals surface area contributed by atoms with Crippen molar-refractivity contribution in [2.75, 3.05) is 7.05 Å². The predicted octanol–water partition coefficient (Wildman–Crippen LogP) is 4.26. The SMILES string of the molecule is CC(C)n1c(S[C@H](C)C(=O)N(C)Cc2cccc(F)c2)nc2ccccc2c1=O. The van der Waals surface area contributed by atoms with E-state index in [-0.39, 0.29) is 23.3 Å². The Morgan fingerprint density at radius 1 is 1.17 bits per heavy atom. The maximum absolute atomic E-state index is 13.4. The van der Waals surface area contributed by atoms with Crippen molar-refractivity contribution in [1.82, 2.24) is 14.5 Å². The van der Waals surface area contributed by atoms with Crippen LogP contribution in [0.2, 0.25) is 0 Å². The zero-order chi connectivity index (χ0) is 21.1. The number of para-hydroxylation sites is 1. The van der Waals surface area contributed by atoms with Crippen LogP contribution in [-0.4, -0.2) is 32.7 Å². The molecule has 0 aliphatic carbocycles. The van der Waals surface area contributed by atoms with Gasteiger partial charge in [-0.15, -0.1) is 0 Å². The van der Waals surface area contributed by atoms with E-state index in [0.717, 1.165) is 5.56 Å². The number of carbonyl (C=O) groups excluding carboxylic acids is 1. The molecule has 0 radical (unpaired) electrons. The highest BCUT2D eigenvalue weighted by molar-refractivity contribution is 8.00. The fourth-order valence-electron chi connectivity index (χ4n) is 3.17. The number of aromatic nitrogens is 2. The summed E-state index contributed by atoms with van der Waals surface area (Å²) in [6, 6.07) is 13.3. The van der Waals surface area contributed by atoms with E-state index >= 15 is 0 Å². The smallest absolute Gasteiger partial charge is 0.262 e. The van der Waals surface area contributed by atoms with Gasteiger partial charge in [0, 0.05) is 19.6 Å². The molecule has 5 nitrogen and oxygen atoms in total. The van der Waals surface area contributed by atoms with Crippen LogP contribution < -0.4 is 5.56 Å². The average Bonchev–Trinajstić information content (AvgIpc) is 2.67. The number of halogens is 1. The first-order valence-corrected chi connectivity index (χ1v) is 10.3. The molecule has 3 rings (SSSR count). The maximum Gasteiger partial charge on any atom is 0.262 e. The van der Waals surface area contributed by atoms with Crippen molar-refractivity contribution in [3.05, 3.63) is 70.3 Å². The lowest BCUT2D eigenvalue weighted by Crippen LogP contribution is -2.33. The third kappa shape index (κ3) is 4.67. The fourth-order valence-corrected chi connectivity index (χ4v) is 4.33. The maximum atomic E-state index is 13.4. The van der Waals surface area contributed by atoms with Crippen LogP contribution in [0.1, 0.15) is 32.4 Å². The van der Waals surface area contributed by atoms with Gasteiger partial charge in [-0.05, 0) is 50.6 Å². The van der Waals surface area contributed by atoms with Gasteiger partial charge in [0.15, 0.2) is 5.16 Å². The van der Waals surface area contributed by atoms with Gasteiger partial charge in [-0.1, -0.05) is 36.0 Å². The Labute approximate surface area is 173 Å². The Balaban J connectivity index is 1.84. The summed E-state index contributed by atoms with van der Waals surface area (Å²) in [6.07, 6.45) is 0. The summed E-state index contributed by atoms with van der Waals surface area (Å²) in [5.74, 6) is -0.441. The first-order chi connectivity index (χ1) is 13.8. The Morgan fingerprint density at radius 3 is 2.59 bits per heavy atom. The van der Waals surface area contributed by atoms with E-state index in [0.29, 0.717) is 22.6 Å². The third-order valence-electron chi connectivity index (χ3n) is 4.61. The molecule has 2 aromatic carbocycles. The van der Waals surface area contributed by atoms with Gasteiger partial charge in [0.1, 0.15) is 5.82 Å². The van der Waals surface area contributed by atoms with Gasteiger partial charge < -0.3 is 4.90 Å². The molecule has 3 aromatic rings. The van der Waals surface area contributed by atoms with Gasteiger partial charge in [-0.3, -0.25) is 14.2 Å². The topological polar surface area (TPSA) is 55.2 Å². The van der Waals surface area contributed by atoms with Crippen LogP contribution in [0.15, 0.2) is 58.5 Å². The summed E-state index contributed by atoms with van der Waals surface area (Å²) < 4.78 is 15.0. The number of amides is 1. The Bertz CT molecular complexity index is 1100. The van der Waals surface area contributed by atoms with Crippen molar-refractivity contribution in [3.8, 4) is 0 Å². The van der Waals surface area contributed by atoms with E-state index in [1.807, 2.05) is 26.0 Å². The fraction of sp³-hybridized carbons (Fsp3) is 0.318. The number of thioether (sulfide) groups is 1. The normalized spacial score (nSPS) is 12.3. The number of nitrogens with zero attached hydrogens (tertiary/aromatic N) is 3. The van der Waals surface area contributed by atoms with Gasteiger partial charge in [-0.25, -0.2) is 9.37 Å². The molecular formula is C22H24FN3O2S. The molecule has 0 bridgehead atoms. The lowest BCUT2D eigenvalue weighted by molar-refractivity contribution is -0.129. The molecule has 0 N–H and O–H groups in total. The van der Waals surface area contributed by atoms with Crippen LogP contribution in [0.5, 0.6) is 0 Å². The zero-order valence-electron chi connectivity index (χ0n) is 16.9. The van der Waals surface area contributed by atoms with Crippen molar-refractivity contribution in [2.45, 2.75) is 43.8 Å². The molecule has 1 heterocycles. The van der Waals surface area contributed by atoms with E-state index in [2.05, 4.69) is 4.98 Å². The summed E-state index contributed by atoms with van der Waals surface area (Å²) in [4.78, 5) is 32.0. The molecular weight excluding hydrogens is 389 g/mol. The second kappa shape index (κ2) is 8.78. The molecule has 0 saturated carbocycles. The highest BCUT2D eigenvalue weighted by atomic mass is 32.2. The van der Waals surface area contributed by atoms with Crippen LogP contribution in [0.25, 0.3) is 10.9 Å². The van der Waals surface area contributed by atoms with E-state index < -0.39 is 5.25 Å².